The van der Waals surface area contributed by atoms with Gasteiger partial charge in [-0.3, -0.25) is 0 Å². The summed E-state index contributed by atoms with van der Waals surface area (Å²) < 4.78 is 0. The molecule has 0 heterocycles. The van der Waals surface area contributed by atoms with Gasteiger partial charge in [0.1, 0.15) is 0 Å². The first-order chi connectivity index (χ1) is 8.45. The molecule has 0 aromatic carbocycles. The predicted octanol–water partition coefficient (Wildman–Crippen LogP) is 4.95. The SMILES string of the molecule is CC=CC(C=CC)(CNC)CC(C)(C)CCCC. The van der Waals surface area contributed by atoms with Gasteiger partial charge in [0, 0.05) is 12.0 Å². The molecule has 0 spiro atoms. The van der Waals surface area contributed by atoms with Gasteiger partial charge in [-0.1, -0.05) is 57.9 Å². The van der Waals surface area contributed by atoms with Crippen LogP contribution < -0.4 is 5.32 Å². The van der Waals surface area contributed by atoms with E-state index in [-0.39, 0.29) is 5.41 Å². The van der Waals surface area contributed by atoms with Crippen LogP contribution >= 0.6 is 0 Å². The maximum atomic E-state index is 3.35. The van der Waals surface area contributed by atoms with E-state index in [9.17, 15) is 0 Å². The lowest BCUT2D eigenvalue weighted by Crippen LogP contribution is -2.34. The second kappa shape index (κ2) is 8.53. The molecule has 1 N–H and O–H groups in total. The predicted molar refractivity (Wildman–Crippen MR) is 83.9 cm³/mol. The van der Waals surface area contributed by atoms with E-state index in [1.807, 2.05) is 7.05 Å². The number of rotatable bonds is 9. The Balaban J connectivity index is 4.95. The molecule has 0 rings (SSSR count). The van der Waals surface area contributed by atoms with E-state index in [0.717, 1.165) is 6.54 Å². The summed E-state index contributed by atoms with van der Waals surface area (Å²) >= 11 is 0. The minimum Gasteiger partial charge on any atom is -0.319 e. The maximum absolute atomic E-state index is 3.35. The highest BCUT2D eigenvalue weighted by Gasteiger charge is 2.31. The monoisotopic (exact) mass is 251 g/mol. The Hall–Kier alpha value is -0.560. The van der Waals surface area contributed by atoms with Gasteiger partial charge in [0.2, 0.25) is 0 Å². The van der Waals surface area contributed by atoms with Crippen LogP contribution in [0.2, 0.25) is 0 Å². The average Bonchev–Trinajstić information content (AvgIpc) is 2.27. The van der Waals surface area contributed by atoms with E-state index in [2.05, 4.69) is 64.2 Å². The molecule has 106 valence electrons. The van der Waals surface area contributed by atoms with E-state index in [4.69, 9.17) is 0 Å². The molecule has 0 saturated heterocycles. The summed E-state index contributed by atoms with van der Waals surface area (Å²) in [6, 6.07) is 0. The smallest absolute Gasteiger partial charge is 0.0191 e. The lowest BCUT2D eigenvalue weighted by atomic mass is 9.70. The largest absolute Gasteiger partial charge is 0.319 e. The van der Waals surface area contributed by atoms with Gasteiger partial charge in [-0.25, -0.2) is 0 Å². The molecule has 18 heavy (non-hydrogen) atoms. The second-order valence-electron chi connectivity index (χ2n) is 6.21. The van der Waals surface area contributed by atoms with Crippen LogP contribution in [0.4, 0.5) is 0 Å². The van der Waals surface area contributed by atoms with Crippen molar-refractivity contribution in [2.45, 2.75) is 60.3 Å². The van der Waals surface area contributed by atoms with E-state index in [0.29, 0.717) is 5.41 Å². The molecule has 0 unspecified atom stereocenters. The average molecular weight is 251 g/mol. The molecular weight excluding hydrogens is 218 g/mol. The van der Waals surface area contributed by atoms with Crippen molar-refractivity contribution in [1.82, 2.24) is 5.32 Å². The van der Waals surface area contributed by atoms with Crippen LogP contribution in [0, 0.1) is 10.8 Å². The topological polar surface area (TPSA) is 12.0 Å². The van der Waals surface area contributed by atoms with Crippen LogP contribution in [-0.2, 0) is 0 Å². The van der Waals surface area contributed by atoms with Crippen molar-refractivity contribution in [1.29, 1.82) is 0 Å². The summed E-state index contributed by atoms with van der Waals surface area (Å²) in [6.45, 7) is 12.3. The Morgan fingerprint density at radius 3 is 2.00 bits per heavy atom. The first kappa shape index (κ1) is 17.4. The van der Waals surface area contributed by atoms with E-state index < -0.39 is 0 Å². The van der Waals surface area contributed by atoms with Gasteiger partial charge in [-0.15, -0.1) is 0 Å². The highest BCUT2D eigenvalue weighted by atomic mass is 14.8. The minimum absolute atomic E-state index is 0.162. The van der Waals surface area contributed by atoms with Gasteiger partial charge in [0.05, 0.1) is 0 Å². The molecule has 0 fully saturated rings. The summed E-state index contributed by atoms with van der Waals surface area (Å²) in [7, 11) is 2.04. The zero-order chi connectivity index (χ0) is 14.1. The molecule has 0 aliphatic heterocycles. The van der Waals surface area contributed by atoms with Crippen LogP contribution in [0.3, 0.4) is 0 Å². The summed E-state index contributed by atoms with van der Waals surface area (Å²) in [4.78, 5) is 0. The maximum Gasteiger partial charge on any atom is 0.0191 e. The molecule has 0 aromatic heterocycles. The van der Waals surface area contributed by atoms with Crippen LogP contribution in [0.15, 0.2) is 24.3 Å². The zero-order valence-electron chi connectivity index (χ0n) is 13.3. The standard InChI is InChI=1S/C17H33N/c1-7-10-13-16(4,5)14-17(11-8-2,12-9-3)15-18-6/h8-9,11-12,18H,7,10,13-15H2,1-6H3. The fraction of sp³-hybridized carbons (Fsp3) is 0.765. The van der Waals surface area contributed by atoms with Crippen LogP contribution in [0.1, 0.15) is 60.3 Å². The molecule has 1 heteroatoms. The normalized spacial score (nSPS) is 16.6. The van der Waals surface area contributed by atoms with Crippen molar-refractivity contribution in [3.05, 3.63) is 24.3 Å². The van der Waals surface area contributed by atoms with Crippen LogP contribution in [0.25, 0.3) is 0 Å². The molecule has 0 radical (unpaired) electrons. The Labute approximate surface area is 115 Å². The van der Waals surface area contributed by atoms with Crippen LogP contribution in [0.5, 0.6) is 0 Å². The quantitative estimate of drug-likeness (QED) is 0.572. The Bertz CT molecular complexity index is 249. The van der Waals surface area contributed by atoms with Crippen molar-refractivity contribution < 1.29 is 0 Å². The molecule has 0 bridgehead atoms. The molecule has 0 aliphatic rings. The molecule has 0 aromatic rings. The fourth-order valence-corrected chi connectivity index (χ4v) is 2.98. The van der Waals surface area contributed by atoms with Gasteiger partial charge in [0.15, 0.2) is 0 Å². The first-order valence-electron chi connectivity index (χ1n) is 7.37. The molecular formula is C17H33N. The molecule has 0 aliphatic carbocycles. The lowest BCUT2D eigenvalue weighted by Gasteiger charge is -2.36. The third-order valence-corrected chi connectivity index (χ3v) is 3.52. The van der Waals surface area contributed by atoms with Crippen molar-refractivity contribution >= 4 is 0 Å². The highest BCUT2D eigenvalue weighted by molar-refractivity contribution is 5.13. The van der Waals surface area contributed by atoms with Gasteiger partial charge in [0.25, 0.3) is 0 Å². The third-order valence-electron chi connectivity index (χ3n) is 3.52. The van der Waals surface area contributed by atoms with E-state index >= 15 is 0 Å². The second-order valence-corrected chi connectivity index (χ2v) is 6.21. The number of hydrogen-bond donors (Lipinski definition) is 1. The minimum atomic E-state index is 0.162. The van der Waals surface area contributed by atoms with Crippen molar-refractivity contribution in [3.8, 4) is 0 Å². The molecule has 1 nitrogen and oxygen atoms in total. The Kier molecular flexibility index (Phi) is 8.26. The molecule has 0 saturated carbocycles. The number of unbranched alkanes of at least 4 members (excludes halogenated alkanes) is 1. The van der Waals surface area contributed by atoms with Crippen molar-refractivity contribution in [2.75, 3.05) is 13.6 Å². The summed E-state index contributed by atoms with van der Waals surface area (Å²) in [6.07, 6.45) is 14.2. The van der Waals surface area contributed by atoms with Gasteiger partial charge >= 0.3 is 0 Å². The van der Waals surface area contributed by atoms with E-state index in [1.165, 1.54) is 25.7 Å². The summed E-state index contributed by atoms with van der Waals surface area (Å²) in [5.41, 5.74) is 0.557. The number of hydrogen-bond acceptors (Lipinski definition) is 1. The fourth-order valence-electron chi connectivity index (χ4n) is 2.98. The number of allylic oxidation sites excluding steroid dienone is 2. The zero-order valence-corrected chi connectivity index (χ0v) is 13.3. The van der Waals surface area contributed by atoms with Gasteiger partial charge in [-0.2, -0.15) is 0 Å². The first-order valence-corrected chi connectivity index (χ1v) is 7.37. The summed E-state index contributed by atoms with van der Waals surface area (Å²) in [5, 5.41) is 3.35. The Morgan fingerprint density at radius 1 is 1.06 bits per heavy atom. The molecule has 0 amide bonds. The highest BCUT2D eigenvalue weighted by Crippen LogP contribution is 2.39. The van der Waals surface area contributed by atoms with Gasteiger partial charge in [-0.05, 0) is 39.2 Å². The van der Waals surface area contributed by atoms with E-state index in [1.54, 1.807) is 0 Å². The molecule has 0 atom stereocenters. The Morgan fingerprint density at radius 2 is 1.61 bits per heavy atom. The number of nitrogens with one attached hydrogen (secondary N) is 1. The summed E-state index contributed by atoms with van der Waals surface area (Å²) in [5.74, 6) is 0. The van der Waals surface area contributed by atoms with Gasteiger partial charge < -0.3 is 5.32 Å². The van der Waals surface area contributed by atoms with Crippen molar-refractivity contribution in [3.63, 3.8) is 0 Å². The van der Waals surface area contributed by atoms with Crippen molar-refractivity contribution in [2.24, 2.45) is 10.8 Å². The van der Waals surface area contributed by atoms with Crippen LogP contribution in [-0.4, -0.2) is 13.6 Å². The lowest BCUT2D eigenvalue weighted by molar-refractivity contribution is 0.220. The third kappa shape index (κ3) is 6.39.